The number of rotatable bonds is 6. The van der Waals surface area contributed by atoms with Gasteiger partial charge in [-0.2, -0.15) is 0 Å². The minimum Gasteiger partial charge on any atom is -0.393 e. The smallest absolute Gasteiger partial charge is 0.193 e. The monoisotopic (exact) mass is 432 g/mol. The Morgan fingerprint density at radius 2 is 1.96 bits per heavy atom. The van der Waals surface area contributed by atoms with E-state index < -0.39 is 0 Å². The molecule has 0 radical (unpaired) electrons. The van der Waals surface area contributed by atoms with Crippen molar-refractivity contribution in [3.05, 3.63) is 29.8 Å². The van der Waals surface area contributed by atoms with E-state index in [4.69, 9.17) is 5.73 Å². The lowest BCUT2D eigenvalue weighted by Gasteiger charge is -2.29. The summed E-state index contributed by atoms with van der Waals surface area (Å²) in [6, 6.07) is 8.25. The summed E-state index contributed by atoms with van der Waals surface area (Å²) in [7, 11) is 0. The Morgan fingerprint density at radius 3 is 2.57 bits per heavy atom. The van der Waals surface area contributed by atoms with Gasteiger partial charge in [-0.1, -0.05) is 19.1 Å². The van der Waals surface area contributed by atoms with E-state index in [-0.39, 0.29) is 30.1 Å². The van der Waals surface area contributed by atoms with Gasteiger partial charge in [-0.15, -0.1) is 24.0 Å². The summed E-state index contributed by atoms with van der Waals surface area (Å²) in [5.74, 6) is 0.471. The largest absolute Gasteiger partial charge is 0.393 e. The number of halogens is 1. The Labute approximate surface area is 156 Å². The molecule has 1 fully saturated rings. The van der Waals surface area contributed by atoms with Crippen LogP contribution >= 0.6 is 24.0 Å². The summed E-state index contributed by atoms with van der Waals surface area (Å²) in [6.07, 6.45) is 3.71. The first kappa shape index (κ1) is 20.2. The van der Waals surface area contributed by atoms with Gasteiger partial charge in [0.25, 0.3) is 0 Å². The van der Waals surface area contributed by atoms with E-state index in [1.165, 1.54) is 5.56 Å². The van der Waals surface area contributed by atoms with Crippen molar-refractivity contribution in [3.8, 4) is 0 Å². The Bertz CT molecular complexity index is 470. The standard InChI is InChI=1S/C17H28N4O.HI/c1-2-14-4-6-15(7-5-14)20-17(18)19-10-3-11-21-12-8-16(22)9-13-21;/h4-7,16,22H,2-3,8-13H2,1H3,(H3,18,19,20);1H. The van der Waals surface area contributed by atoms with Crippen molar-refractivity contribution in [2.45, 2.75) is 38.7 Å². The molecule has 5 nitrogen and oxygen atoms in total. The SMILES string of the molecule is CCc1ccc(NC(N)=NCCCN2CCC(O)CC2)cc1.I. The maximum absolute atomic E-state index is 9.47. The number of nitrogens with two attached hydrogens (primary N) is 1. The predicted octanol–water partition coefficient (Wildman–Crippen LogP) is 2.44. The summed E-state index contributed by atoms with van der Waals surface area (Å²) in [4.78, 5) is 6.75. The van der Waals surface area contributed by atoms with Crippen LogP contribution in [0.4, 0.5) is 5.69 Å². The number of benzene rings is 1. The van der Waals surface area contributed by atoms with Crippen molar-refractivity contribution in [2.75, 3.05) is 31.5 Å². The lowest BCUT2D eigenvalue weighted by atomic mass is 10.1. The number of guanidine groups is 1. The second-order valence-electron chi connectivity index (χ2n) is 5.87. The van der Waals surface area contributed by atoms with E-state index in [2.05, 4.69) is 34.3 Å². The summed E-state index contributed by atoms with van der Waals surface area (Å²) in [5, 5.41) is 12.6. The van der Waals surface area contributed by atoms with Crippen molar-refractivity contribution >= 4 is 35.6 Å². The highest BCUT2D eigenvalue weighted by molar-refractivity contribution is 14.0. The molecule has 0 aliphatic carbocycles. The number of nitrogens with zero attached hydrogens (tertiary/aromatic N) is 2. The Morgan fingerprint density at radius 1 is 1.30 bits per heavy atom. The lowest BCUT2D eigenvalue weighted by molar-refractivity contribution is 0.0824. The molecule has 1 aromatic carbocycles. The molecule has 0 aromatic heterocycles. The Kier molecular flexibility index (Phi) is 9.50. The zero-order valence-electron chi connectivity index (χ0n) is 13.9. The van der Waals surface area contributed by atoms with Crippen LogP contribution in [0.25, 0.3) is 0 Å². The second kappa shape index (κ2) is 10.8. The minimum absolute atomic E-state index is 0. The van der Waals surface area contributed by atoms with Crippen molar-refractivity contribution in [1.29, 1.82) is 0 Å². The van der Waals surface area contributed by atoms with E-state index in [0.29, 0.717) is 5.96 Å². The Hall–Kier alpha value is -0.860. The van der Waals surface area contributed by atoms with Gasteiger partial charge in [-0.3, -0.25) is 4.99 Å². The van der Waals surface area contributed by atoms with Gasteiger partial charge in [0.1, 0.15) is 0 Å². The summed E-state index contributed by atoms with van der Waals surface area (Å²) in [5.41, 5.74) is 8.19. The molecule has 1 aromatic rings. The van der Waals surface area contributed by atoms with Crippen LogP contribution in [0.1, 0.15) is 31.7 Å². The number of nitrogens with one attached hydrogen (secondary N) is 1. The van der Waals surface area contributed by atoms with Gasteiger partial charge in [0, 0.05) is 25.3 Å². The van der Waals surface area contributed by atoms with Crippen LogP contribution in [0, 0.1) is 0 Å². The summed E-state index contributed by atoms with van der Waals surface area (Å²) < 4.78 is 0. The fourth-order valence-electron chi connectivity index (χ4n) is 2.65. The van der Waals surface area contributed by atoms with Crippen LogP contribution in [-0.2, 0) is 6.42 Å². The lowest BCUT2D eigenvalue weighted by Crippen LogP contribution is -2.36. The molecule has 2 rings (SSSR count). The Balaban J connectivity index is 0.00000264. The highest BCUT2D eigenvalue weighted by Crippen LogP contribution is 2.10. The van der Waals surface area contributed by atoms with E-state index >= 15 is 0 Å². The maximum Gasteiger partial charge on any atom is 0.193 e. The van der Waals surface area contributed by atoms with Gasteiger partial charge >= 0.3 is 0 Å². The molecule has 1 saturated heterocycles. The zero-order valence-corrected chi connectivity index (χ0v) is 16.2. The number of piperidine rings is 1. The third-order valence-corrected chi connectivity index (χ3v) is 4.11. The molecular formula is C17H29IN4O. The number of aliphatic imine (C=N–C) groups is 1. The second-order valence-corrected chi connectivity index (χ2v) is 5.87. The molecule has 23 heavy (non-hydrogen) atoms. The first-order valence-electron chi connectivity index (χ1n) is 8.23. The van der Waals surface area contributed by atoms with Crippen molar-refractivity contribution in [1.82, 2.24) is 4.90 Å². The fourth-order valence-corrected chi connectivity index (χ4v) is 2.65. The highest BCUT2D eigenvalue weighted by Gasteiger charge is 2.15. The molecule has 0 amide bonds. The van der Waals surface area contributed by atoms with Gasteiger partial charge in [0.2, 0.25) is 0 Å². The molecule has 130 valence electrons. The van der Waals surface area contributed by atoms with E-state index in [9.17, 15) is 5.11 Å². The number of hydrogen-bond donors (Lipinski definition) is 3. The van der Waals surface area contributed by atoms with Gasteiger partial charge < -0.3 is 21.1 Å². The molecule has 0 atom stereocenters. The minimum atomic E-state index is -0.104. The molecule has 1 heterocycles. The van der Waals surface area contributed by atoms with Crippen LogP contribution in [0.2, 0.25) is 0 Å². The van der Waals surface area contributed by atoms with Gasteiger partial charge in [-0.25, -0.2) is 0 Å². The van der Waals surface area contributed by atoms with Crippen molar-refractivity contribution < 1.29 is 5.11 Å². The number of hydrogen-bond acceptors (Lipinski definition) is 3. The van der Waals surface area contributed by atoms with Gasteiger partial charge in [-0.05, 0) is 49.9 Å². The van der Waals surface area contributed by atoms with Crippen LogP contribution < -0.4 is 11.1 Å². The molecule has 1 aliphatic heterocycles. The molecule has 0 spiro atoms. The topological polar surface area (TPSA) is 73.9 Å². The maximum atomic E-state index is 9.47. The third-order valence-electron chi connectivity index (χ3n) is 4.11. The quantitative estimate of drug-likeness (QED) is 0.280. The molecular weight excluding hydrogens is 403 g/mol. The van der Waals surface area contributed by atoms with Gasteiger partial charge in [0.05, 0.1) is 6.10 Å². The zero-order chi connectivity index (χ0) is 15.8. The molecule has 6 heteroatoms. The van der Waals surface area contributed by atoms with E-state index in [1.54, 1.807) is 0 Å². The molecule has 0 unspecified atom stereocenters. The van der Waals surface area contributed by atoms with Crippen LogP contribution in [0.15, 0.2) is 29.3 Å². The number of aryl methyl sites for hydroxylation is 1. The van der Waals surface area contributed by atoms with Gasteiger partial charge in [0.15, 0.2) is 5.96 Å². The fraction of sp³-hybridized carbons (Fsp3) is 0.588. The van der Waals surface area contributed by atoms with E-state index in [1.807, 2.05) is 12.1 Å². The molecule has 4 N–H and O–H groups in total. The molecule has 0 saturated carbocycles. The number of likely N-dealkylation sites (tertiary alicyclic amines) is 1. The van der Waals surface area contributed by atoms with Crippen LogP contribution in [0.3, 0.4) is 0 Å². The number of anilines is 1. The molecule has 0 bridgehead atoms. The van der Waals surface area contributed by atoms with E-state index in [0.717, 1.165) is 57.5 Å². The van der Waals surface area contributed by atoms with Crippen molar-refractivity contribution in [2.24, 2.45) is 10.7 Å². The summed E-state index contributed by atoms with van der Waals surface area (Å²) in [6.45, 7) is 5.87. The first-order chi connectivity index (χ1) is 10.7. The molecule has 1 aliphatic rings. The van der Waals surface area contributed by atoms with Crippen LogP contribution in [0.5, 0.6) is 0 Å². The highest BCUT2D eigenvalue weighted by atomic mass is 127. The average Bonchev–Trinajstić information content (AvgIpc) is 2.54. The predicted molar refractivity (Wildman–Crippen MR) is 108 cm³/mol. The normalized spacial score (nSPS) is 16.9. The number of aliphatic hydroxyl groups excluding tert-OH is 1. The summed E-state index contributed by atoms with van der Waals surface area (Å²) >= 11 is 0. The number of aliphatic hydroxyl groups is 1. The van der Waals surface area contributed by atoms with Crippen molar-refractivity contribution in [3.63, 3.8) is 0 Å². The third kappa shape index (κ3) is 7.50. The first-order valence-corrected chi connectivity index (χ1v) is 8.23. The van der Waals surface area contributed by atoms with Crippen LogP contribution in [-0.4, -0.2) is 48.2 Å². The average molecular weight is 432 g/mol.